The normalized spacial score (nSPS) is 14.1. The Morgan fingerprint density at radius 2 is 1.94 bits per heavy atom. The first-order chi connectivity index (χ1) is 8.13. The van der Waals surface area contributed by atoms with E-state index in [0.717, 1.165) is 17.7 Å². The van der Waals surface area contributed by atoms with Gasteiger partial charge in [0.1, 0.15) is 0 Å². The number of nitrogens with one attached hydrogen (secondary N) is 1. The van der Waals surface area contributed by atoms with Crippen molar-refractivity contribution in [3.8, 4) is 0 Å². The minimum atomic E-state index is -0.0447. The van der Waals surface area contributed by atoms with Gasteiger partial charge in [0.2, 0.25) is 5.91 Å². The highest BCUT2D eigenvalue weighted by atomic mass is 32.2. The maximum Gasteiger partial charge on any atom is 0.233 e. The molecule has 0 saturated heterocycles. The summed E-state index contributed by atoms with van der Waals surface area (Å²) < 4.78 is 0. The first-order valence-electron chi connectivity index (χ1n) is 6.15. The van der Waals surface area contributed by atoms with Gasteiger partial charge in [-0.1, -0.05) is 31.5 Å². The average molecular weight is 251 g/mol. The van der Waals surface area contributed by atoms with E-state index in [0.29, 0.717) is 0 Å². The maximum atomic E-state index is 11.9. The van der Waals surface area contributed by atoms with Crippen molar-refractivity contribution in [3.05, 3.63) is 30.3 Å². The van der Waals surface area contributed by atoms with E-state index in [1.54, 1.807) is 11.8 Å². The summed E-state index contributed by atoms with van der Waals surface area (Å²) in [5, 5.41) is 3.00. The molecule has 0 aliphatic heterocycles. The molecule has 2 nitrogen and oxygen atoms in total. The smallest absolute Gasteiger partial charge is 0.233 e. The van der Waals surface area contributed by atoms with Crippen molar-refractivity contribution in [1.82, 2.24) is 5.32 Å². The summed E-state index contributed by atoms with van der Waals surface area (Å²) in [4.78, 5) is 13.0. The molecule has 2 atom stereocenters. The number of benzene rings is 1. The minimum Gasteiger partial charge on any atom is -0.353 e. The van der Waals surface area contributed by atoms with Crippen molar-refractivity contribution in [2.45, 2.75) is 49.8 Å². The molecule has 2 unspecified atom stereocenters. The Bertz CT molecular complexity index is 339. The van der Waals surface area contributed by atoms with Crippen LogP contribution < -0.4 is 5.32 Å². The molecule has 0 spiro atoms. The van der Waals surface area contributed by atoms with Gasteiger partial charge in [0.05, 0.1) is 5.25 Å². The van der Waals surface area contributed by atoms with Crippen LogP contribution in [0.2, 0.25) is 0 Å². The maximum absolute atomic E-state index is 11.9. The highest BCUT2D eigenvalue weighted by molar-refractivity contribution is 8.00. The molecule has 3 heteroatoms. The van der Waals surface area contributed by atoms with Gasteiger partial charge < -0.3 is 5.32 Å². The Balaban J connectivity index is 2.42. The average Bonchev–Trinajstić information content (AvgIpc) is 2.30. The van der Waals surface area contributed by atoms with E-state index in [1.165, 1.54) is 0 Å². The Morgan fingerprint density at radius 3 is 2.53 bits per heavy atom. The van der Waals surface area contributed by atoms with Crippen molar-refractivity contribution >= 4 is 17.7 Å². The zero-order valence-electron chi connectivity index (χ0n) is 10.8. The third-order valence-electron chi connectivity index (χ3n) is 2.54. The standard InChI is InChI=1S/C14H21NOS/c1-4-8-11(2)15-14(16)12(3)17-13-9-6-5-7-10-13/h5-7,9-12H,4,8H2,1-3H3,(H,15,16). The van der Waals surface area contributed by atoms with E-state index in [9.17, 15) is 4.79 Å². The van der Waals surface area contributed by atoms with E-state index in [-0.39, 0.29) is 17.2 Å². The molecule has 0 fully saturated rings. The van der Waals surface area contributed by atoms with Crippen molar-refractivity contribution in [3.63, 3.8) is 0 Å². The summed E-state index contributed by atoms with van der Waals surface area (Å²) in [6.07, 6.45) is 2.14. The topological polar surface area (TPSA) is 29.1 Å². The molecule has 0 aliphatic carbocycles. The second-order valence-electron chi connectivity index (χ2n) is 4.27. The van der Waals surface area contributed by atoms with Gasteiger partial charge in [-0.2, -0.15) is 0 Å². The van der Waals surface area contributed by atoms with Gasteiger partial charge in [-0.05, 0) is 32.4 Å². The van der Waals surface area contributed by atoms with E-state index in [4.69, 9.17) is 0 Å². The summed E-state index contributed by atoms with van der Waals surface area (Å²) in [7, 11) is 0. The van der Waals surface area contributed by atoms with Crippen LogP contribution in [0.1, 0.15) is 33.6 Å². The van der Waals surface area contributed by atoms with Gasteiger partial charge in [-0.15, -0.1) is 11.8 Å². The van der Waals surface area contributed by atoms with Crippen LogP contribution in [-0.2, 0) is 4.79 Å². The molecular formula is C14H21NOS. The zero-order valence-corrected chi connectivity index (χ0v) is 11.6. The summed E-state index contributed by atoms with van der Waals surface area (Å²) in [6, 6.07) is 10.3. The highest BCUT2D eigenvalue weighted by Crippen LogP contribution is 2.22. The number of carbonyl (C=O) groups excluding carboxylic acids is 1. The monoisotopic (exact) mass is 251 g/mol. The van der Waals surface area contributed by atoms with Crippen molar-refractivity contribution in [2.75, 3.05) is 0 Å². The summed E-state index contributed by atoms with van der Waals surface area (Å²) >= 11 is 1.60. The molecule has 1 aromatic rings. The Hall–Kier alpha value is -0.960. The molecule has 94 valence electrons. The Labute approximate surface area is 108 Å². The molecule has 1 rings (SSSR count). The third-order valence-corrected chi connectivity index (χ3v) is 3.65. The van der Waals surface area contributed by atoms with Gasteiger partial charge in [0.25, 0.3) is 0 Å². The van der Waals surface area contributed by atoms with Crippen LogP contribution in [0.5, 0.6) is 0 Å². The molecule has 0 aliphatic rings. The quantitative estimate of drug-likeness (QED) is 0.784. The van der Waals surface area contributed by atoms with Crippen LogP contribution in [-0.4, -0.2) is 17.2 Å². The Morgan fingerprint density at radius 1 is 1.29 bits per heavy atom. The van der Waals surface area contributed by atoms with Gasteiger partial charge in [0, 0.05) is 10.9 Å². The minimum absolute atomic E-state index is 0.0447. The summed E-state index contributed by atoms with van der Waals surface area (Å²) in [6.45, 7) is 6.14. The zero-order chi connectivity index (χ0) is 12.7. The molecular weight excluding hydrogens is 230 g/mol. The first kappa shape index (κ1) is 14.1. The van der Waals surface area contributed by atoms with Crippen LogP contribution in [0.15, 0.2) is 35.2 Å². The lowest BCUT2D eigenvalue weighted by molar-refractivity contribution is -0.120. The molecule has 1 amide bonds. The summed E-state index contributed by atoms with van der Waals surface area (Å²) in [5.74, 6) is 0.125. The van der Waals surface area contributed by atoms with E-state index in [1.807, 2.05) is 37.3 Å². The van der Waals surface area contributed by atoms with E-state index < -0.39 is 0 Å². The van der Waals surface area contributed by atoms with Crippen LogP contribution in [0.25, 0.3) is 0 Å². The number of rotatable bonds is 6. The van der Waals surface area contributed by atoms with Crippen LogP contribution in [0, 0.1) is 0 Å². The molecule has 0 aromatic heterocycles. The molecule has 0 heterocycles. The van der Waals surface area contributed by atoms with Crippen molar-refractivity contribution in [1.29, 1.82) is 0 Å². The largest absolute Gasteiger partial charge is 0.353 e. The van der Waals surface area contributed by atoms with E-state index in [2.05, 4.69) is 19.2 Å². The predicted molar refractivity (Wildman–Crippen MR) is 74.3 cm³/mol. The molecule has 1 aromatic carbocycles. The SMILES string of the molecule is CCCC(C)NC(=O)C(C)Sc1ccccc1. The van der Waals surface area contributed by atoms with Gasteiger partial charge >= 0.3 is 0 Å². The number of hydrogen-bond acceptors (Lipinski definition) is 2. The van der Waals surface area contributed by atoms with Crippen molar-refractivity contribution < 1.29 is 4.79 Å². The fourth-order valence-corrected chi connectivity index (χ4v) is 2.52. The number of amides is 1. The first-order valence-corrected chi connectivity index (χ1v) is 7.03. The van der Waals surface area contributed by atoms with E-state index >= 15 is 0 Å². The highest BCUT2D eigenvalue weighted by Gasteiger charge is 2.15. The van der Waals surface area contributed by atoms with Crippen LogP contribution in [0.4, 0.5) is 0 Å². The second kappa shape index (κ2) is 7.38. The number of carbonyl (C=O) groups is 1. The fraction of sp³-hybridized carbons (Fsp3) is 0.500. The van der Waals surface area contributed by atoms with Crippen LogP contribution in [0.3, 0.4) is 0 Å². The molecule has 0 saturated carbocycles. The third kappa shape index (κ3) is 5.26. The predicted octanol–water partition coefficient (Wildman–Crippen LogP) is 3.47. The van der Waals surface area contributed by atoms with Crippen molar-refractivity contribution in [2.24, 2.45) is 0 Å². The fourth-order valence-electron chi connectivity index (χ4n) is 1.62. The lowest BCUT2D eigenvalue weighted by atomic mass is 10.2. The number of hydrogen-bond donors (Lipinski definition) is 1. The summed E-state index contributed by atoms with van der Waals surface area (Å²) in [5.41, 5.74) is 0. The van der Waals surface area contributed by atoms with Crippen LogP contribution >= 0.6 is 11.8 Å². The molecule has 0 radical (unpaired) electrons. The molecule has 17 heavy (non-hydrogen) atoms. The number of thioether (sulfide) groups is 1. The van der Waals surface area contributed by atoms with Gasteiger partial charge in [-0.3, -0.25) is 4.79 Å². The molecule has 0 bridgehead atoms. The molecule has 1 N–H and O–H groups in total. The lowest BCUT2D eigenvalue weighted by Gasteiger charge is -2.16. The second-order valence-corrected chi connectivity index (χ2v) is 5.69. The van der Waals surface area contributed by atoms with Gasteiger partial charge in [0.15, 0.2) is 0 Å². The lowest BCUT2D eigenvalue weighted by Crippen LogP contribution is -2.37. The van der Waals surface area contributed by atoms with Gasteiger partial charge in [-0.25, -0.2) is 0 Å². The Kier molecular flexibility index (Phi) is 6.12.